The number of carbonyl (C=O) groups is 2. The highest BCUT2D eigenvalue weighted by molar-refractivity contribution is 7.90. The molecule has 2 fully saturated rings. The molecule has 10 heteroatoms. The Labute approximate surface area is 202 Å². The zero-order chi connectivity index (χ0) is 25.5. The molecule has 2 amide bonds. The number of nitriles is 1. The molecular formula is C25H25F2N3O4S. The number of sulfone groups is 1. The number of nitrogens with one attached hydrogen (secondary N) is 1. The van der Waals surface area contributed by atoms with Gasteiger partial charge in [0, 0.05) is 23.4 Å². The van der Waals surface area contributed by atoms with Crippen LogP contribution in [0.1, 0.15) is 60.1 Å². The number of hydrogen-bond donors (Lipinski definition) is 1. The maximum Gasteiger partial charge on any atom is 0.254 e. The summed E-state index contributed by atoms with van der Waals surface area (Å²) in [5.74, 6) is -2.66. The molecule has 7 nitrogen and oxygen atoms in total. The van der Waals surface area contributed by atoms with Crippen LogP contribution in [0.3, 0.4) is 0 Å². The third kappa shape index (κ3) is 5.05. The van der Waals surface area contributed by atoms with Gasteiger partial charge in [-0.1, -0.05) is 6.07 Å². The predicted octanol–water partition coefficient (Wildman–Crippen LogP) is 3.50. The standard InChI is InChI=1S/C25H25F2N3O4S/c1-14-6-9-22(30(14)25(32)16-4-3-5-18(10-16)35(2,33)34)24(31)29-23(15-7-8-15)19-12-20(26)17(13-28)11-21(19)27/h3-5,10-12,14-15,22-23H,6-9H2,1-2H3,(H,29,31)/t14-,22-,23-/m1/s1. The molecule has 35 heavy (non-hydrogen) atoms. The average molecular weight is 502 g/mol. The van der Waals surface area contributed by atoms with Crippen LogP contribution in [0.25, 0.3) is 0 Å². The SMILES string of the molecule is C[C@@H]1CC[C@H](C(=O)N[C@@H](c2cc(F)c(C#N)cc2F)C2CC2)N1C(=O)c1cccc(S(C)(=O)=O)c1. The summed E-state index contributed by atoms with van der Waals surface area (Å²) >= 11 is 0. The maximum absolute atomic E-state index is 14.7. The van der Waals surface area contributed by atoms with Crippen LogP contribution >= 0.6 is 0 Å². The Morgan fingerprint density at radius 1 is 1.11 bits per heavy atom. The molecule has 184 valence electrons. The molecule has 1 saturated heterocycles. The van der Waals surface area contributed by atoms with Crippen LogP contribution in [0.4, 0.5) is 8.78 Å². The largest absolute Gasteiger partial charge is 0.347 e. The van der Waals surface area contributed by atoms with Gasteiger partial charge in [-0.2, -0.15) is 5.26 Å². The molecule has 2 aromatic rings. The van der Waals surface area contributed by atoms with Crippen LogP contribution in [0.5, 0.6) is 0 Å². The topological polar surface area (TPSA) is 107 Å². The number of hydrogen-bond acceptors (Lipinski definition) is 5. The Morgan fingerprint density at radius 2 is 1.83 bits per heavy atom. The summed E-state index contributed by atoms with van der Waals surface area (Å²) in [6, 6.07) is 7.14. The highest BCUT2D eigenvalue weighted by Crippen LogP contribution is 2.42. The molecule has 0 unspecified atom stereocenters. The van der Waals surface area contributed by atoms with Crippen LogP contribution in [-0.4, -0.2) is 43.5 Å². The summed E-state index contributed by atoms with van der Waals surface area (Å²) in [6.07, 6.45) is 3.45. The van der Waals surface area contributed by atoms with Gasteiger partial charge in [-0.15, -0.1) is 0 Å². The molecule has 0 aromatic heterocycles. The van der Waals surface area contributed by atoms with Gasteiger partial charge in [-0.05, 0) is 68.9 Å². The zero-order valence-electron chi connectivity index (χ0n) is 19.3. The van der Waals surface area contributed by atoms with E-state index in [2.05, 4.69) is 5.32 Å². The summed E-state index contributed by atoms with van der Waals surface area (Å²) in [6.45, 7) is 1.81. The Hall–Kier alpha value is -3.32. The summed E-state index contributed by atoms with van der Waals surface area (Å²) in [4.78, 5) is 28.1. The van der Waals surface area contributed by atoms with Crippen molar-refractivity contribution in [3.05, 3.63) is 64.7 Å². The van der Waals surface area contributed by atoms with Crippen LogP contribution in [0, 0.1) is 28.9 Å². The lowest BCUT2D eigenvalue weighted by atomic mass is 9.99. The van der Waals surface area contributed by atoms with Crippen molar-refractivity contribution in [2.75, 3.05) is 6.26 Å². The molecule has 2 aliphatic rings. The second-order valence-electron chi connectivity index (χ2n) is 9.24. The minimum Gasteiger partial charge on any atom is -0.347 e. The van der Waals surface area contributed by atoms with E-state index in [1.165, 1.54) is 29.2 Å². The fraction of sp³-hybridized carbons (Fsp3) is 0.400. The minimum atomic E-state index is -3.52. The molecule has 3 atom stereocenters. The number of rotatable bonds is 6. The summed E-state index contributed by atoms with van der Waals surface area (Å²) in [7, 11) is -3.52. The van der Waals surface area contributed by atoms with Crippen molar-refractivity contribution in [2.45, 2.75) is 55.6 Å². The first-order valence-corrected chi connectivity index (χ1v) is 13.2. The van der Waals surface area contributed by atoms with Gasteiger partial charge in [0.2, 0.25) is 5.91 Å². The second kappa shape index (κ2) is 9.38. The van der Waals surface area contributed by atoms with Crippen molar-refractivity contribution in [3.8, 4) is 6.07 Å². The number of carbonyl (C=O) groups excluding carboxylic acids is 2. The van der Waals surface area contributed by atoms with Gasteiger partial charge in [0.25, 0.3) is 5.91 Å². The van der Waals surface area contributed by atoms with Crippen molar-refractivity contribution in [1.82, 2.24) is 10.2 Å². The van der Waals surface area contributed by atoms with E-state index in [0.717, 1.165) is 31.2 Å². The van der Waals surface area contributed by atoms with Gasteiger partial charge in [0.1, 0.15) is 23.7 Å². The number of halogens is 2. The smallest absolute Gasteiger partial charge is 0.254 e. The molecule has 0 radical (unpaired) electrons. The molecule has 1 saturated carbocycles. The van der Waals surface area contributed by atoms with Crippen molar-refractivity contribution >= 4 is 21.7 Å². The number of benzene rings is 2. The fourth-order valence-electron chi connectivity index (χ4n) is 4.61. The third-order valence-corrected chi connectivity index (χ3v) is 7.76. The number of amides is 2. The first kappa shape index (κ1) is 24.8. The minimum absolute atomic E-state index is 0.00307. The predicted molar refractivity (Wildman–Crippen MR) is 123 cm³/mol. The number of nitrogens with zero attached hydrogens (tertiary/aromatic N) is 2. The van der Waals surface area contributed by atoms with E-state index in [4.69, 9.17) is 5.26 Å². The van der Waals surface area contributed by atoms with Gasteiger partial charge in [-0.25, -0.2) is 17.2 Å². The molecular weight excluding hydrogens is 476 g/mol. The highest BCUT2D eigenvalue weighted by atomic mass is 32.2. The van der Waals surface area contributed by atoms with Gasteiger partial charge in [-0.3, -0.25) is 9.59 Å². The van der Waals surface area contributed by atoms with E-state index in [1.807, 2.05) is 0 Å². The zero-order valence-corrected chi connectivity index (χ0v) is 20.1. The van der Waals surface area contributed by atoms with Crippen LogP contribution in [-0.2, 0) is 14.6 Å². The van der Waals surface area contributed by atoms with Crippen LogP contribution < -0.4 is 5.32 Å². The van der Waals surface area contributed by atoms with Gasteiger partial charge < -0.3 is 10.2 Å². The lowest BCUT2D eigenvalue weighted by molar-refractivity contribution is -0.126. The van der Waals surface area contributed by atoms with Crippen LogP contribution in [0.2, 0.25) is 0 Å². The number of likely N-dealkylation sites (tertiary alicyclic amines) is 1. The first-order valence-electron chi connectivity index (χ1n) is 11.3. The first-order chi connectivity index (χ1) is 16.5. The Balaban J connectivity index is 1.59. The fourth-order valence-corrected chi connectivity index (χ4v) is 5.27. The normalized spacial score (nSPS) is 20.8. The highest BCUT2D eigenvalue weighted by Gasteiger charge is 2.42. The van der Waals surface area contributed by atoms with E-state index in [9.17, 15) is 26.8 Å². The van der Waals surface area contributed by atoms with Crippen molar-refractivity contribution in [3.63, 3.8) is 0 Å². The van der Waals surface area contributed by atoms with Crippen molar-refractivity contribution < 1.29 is 26.8 Å². The van der Waals surface area contributed by atoms with E-state index in [1.54, 1.807) is 13.0 Å². The van der Waals surface area contributed by atoms with Crippen molar-refractivity contribution in [2.24, 2.45) is 5.92 Å². The molecule has 1 heterocycles. The quantitative estimate of drug-likeness (QED) is 0.652. The second-order valence-corrected chi connectivity index (χ2v) is 11.3. The van der Waals surface area contributed by atoms with E-state index in [-0.39, 0.29) is 28.0 Å². The van der Waals surface area contributed by atoms with Crippen molar-refractivity contribution in [1.29, 1.82) is 5.26 Å². The Bertz CT molecular complexity index is 1330. The Morgan fingerprint density at radius 3 is 2.46 bits per heavy atom. The van der Waals surface area contributed by atoms with E-state index in [0.29, 0.717) is 12.8 Å². The molecule has 1 aliphatic heterocycles. The maximum atomic E-state index is 14.7. The summed E-state index contributed by atoms with van der Waals surface area (Å²) in [5, 5.41) is 11.8. The van der Waals surface area contributed by atoms with Crippen LogP contribution in [0.15, 0.2) is 41.3 Å². The summed E-state index contributed by atoms with van der Waals surface area (Å²) in [5.41, 5.74) is -0.287. The molecule has 1 aliphatic carbocycles. The molecule has 4 rings (SSSR count). The third-order valence-electron chi connectivity index (χ3n) is 6.65. The molecule has 0 bridgehead atoms. The molecule has 0 spiro atoms. The van der Waals surface area contributed by atoms with Gasteiger partial charge >= 0.3 is 0 Å². The van der Waals surface area contributed by atoms with E-state index >= 15 is 0 Å². The monoisotopic (exact) mass is 501 g/mol. The molecule has 2 aromatic carbocycles. The Kier molecular flexibility index (Phi) is 6.64. The summed E-state index contributed by atoms with van der Waals surface area (Å²) < 4.78 is 52.8. The average Bonchev–Trinajstić information content (AvgIpc) is 3.58. The van der Waals surface area contributed by atoms with Gasteiger partial charge in [0.05, 0.1) is 16.5 Å². The lowest BCUT2D eigenvalue weighted by Crippen LogP contribution is -2.49. The lowest BCUT2D eigenvalue weighted by Gasteiger charge is -2.30. The molecule has 1 N–H and O–H groups in total. The van der Waals surface area contributed by atoms with E-state index < -0.39 is 50.9 Å². The van der Waals surface area contributed by atoms with Gasteiger partial charge in [0.15, 0.2) is 9.84 Å².